The van der Waals surface area contributed by atoms with Crippen molar-refractivity contribution in [2.75, 3.05) is 37.7 Å². The van der Waals surface area contributed by atoms with E-state index in [0.29, 0.717) is 5.75 Å². The Morgan fingerprint density at radius 1 is 1.75 bits per heavy atom. The maximum absolute atomic E-state index is 10.5. The number of morpholine rings is 1. The van der Waals surface area contributed by atoms with Gasteiger partial charge in [0.25, 0.3) is 0 Å². The van der Waals surface area contributed by atoms with Crippen molar-refractivity contribution in [2.45, 2.75) is 19.1 Å². The van der Waals surface area contributed by atoms with Gasteiger partial charge in [0, 0.05) is 24.6 Å². The molecule has 0 aliphatic carbocycles. The van der Waals surface area contributed by atoms with Crippen molar-refractivity contribution in [1.82, 2.24) is 4.90 Å². The molecule has 1 aliphatic heterocycles. The van der Waals surface area contributed by atoms with Crippen molar-refractivity contribution >= 4 is 17.7 Å². The summed E-state index contributed by atoms with van der Waals surface area (Å²) in [6, 6.07) is -0.768. The number of ether oxygens (including phenoxy) is 1. The lowest BCUT2D eigenvalue weighted by molar-refractivity contribution is -0.137. The van der Waals surface area contributed by atoms with Crippen LogP contribution < -0.4 is 5.73 Å². The first-order chi connectivity index (χ1) is 7.63. The first-order valence-electron chi connectivity index (χ1n) is 5.53. The largest absolute Gasteiger partial charge is 0.480 e. The van der Waals surface area contributed by atoms with Crippen LogP contribution in [-0.4, -0.2) is 65.9 Å². The van der Waals surface area contributed by atoms with Gasteiger partial charge in [0.05, 0.1) is 12.7 Å². The van der Waals surface area contributed by atoms with Gasteiger partial charge >= 0.3 is 5.97 Å². The molecule has 1 heterocycles. The van der Waals surface area contributed by atoms with Gasteiger partial charge in [0.1, 0.15) is 6.04 Å². The zero-order valence-corrected chi connectivity index (χ0v) is 10.4. The van der Waals surface area contributed by atoms with Crippen molar-refractivity contribution in [3.8, 4) is 0 Å². The highest BCUT2D eigenvalue weighted by Gasteiger charge is 2.20. The van der Waals surface area contributed by atoms with Crippen molar-refractivity contribution in [3.05, 3.63) is 0 Å². The molecule has 0 aromatic carbocycles. The zero-order chi connectivity index (χ0) is 12.0. The van der Waals surface area contributed by atoms with E-state index in [1.54, 1.807) is 11.8 Å². The second-order valence-electron chi connectivity index (χ2n) is 3.87. The summed E-state index contributed by atoms with van der Waals surface area (Å²) in [7, 11) is 0. The van der Waals surface area contributed by atoms with Crippen molar-refractivity contribution in [3.63, 3.8) is 0 Å². The lowest BCUT2D eigenvalue weighted by Gasteiger charge is -2.31. The molecule has 1 aliphatic rings. The van der Waals surface area contributed by atoms with E-state index in [2.05, 4.69) is 11.8 Å². The predicted octanol–water partition coefficient (Wildman–Crippen LogP) is -0.148. The maximum Gasteiger partial charge on any atom is 0.321 e. The fourth-order valence-corrected chi connectivity index (χ4v) is 2.56. The summed E-state index contributed by atoms with van der Waals surface area (Å²) in [5.74, 6) is 0.325. The van der Waals surface area contributed by atoms with E-state index in [-0.39, 0.29) is 6.10 Å². The third kappa shape index (κ3) is 4.69. The maximum atomic E-state index is 10.5. The van der Waals surface area contributed by atoms with E-state index in [4.69, 9.17) is 15.6 Å². The van der Waals surface area contributed by atoms with E-state index >= 15 is 0 Å². The number of nitrogens with zero attached hydrogens (tertiary/aromatic N) is 1. The fourth-order valence-electron chi connectivity index (χ4n) is 1.57. The molecule has 16 heavy (non-hydrogen) atoms. The molecule has 1 unspecified atom stereocenters. The molecule has 1 rings (SSSR count). The average Bonchev–Trinajstić information content (AvgIpc) is 2.29. The van der Waals surface area contributed by atoms with Gasteiger partial charge in [-0.2, -0.15) is 11.8 Å². The Hall–Kier alpha value is -0.300. The van der Waals surface area contributed by atoms with Crippen LogP contribution in [0.1, 0.15) is 6.92 Å². The van der Waals surface area contributed by atoms with Gasteiger partial charge in [-0.15, -0.1) is 0 Å². The number of hydrogen-bond donors (Lipinski definition) is 2. The van der Waals surface area contributed by atoms with Gasteiger partial charge in [-0.25, -0.2) is 0 Å². The van der Waals surface area contributed by atoms with Crippen LogP contribution in [0.2, 0.25) is 0 Å². The summed E-state index contributed by atoms with van der Waals surface area (Å²) in [5.41, 5.74) is 5.41. The highest BCUT2D eigenvalue weighted by Crippen LogP contribution is 2.12. The van der Waals surface area contributed by atoms with Crippen LogP contribution in [0.5, 0.6) is 0 Å². The number of aliphatic carboxylic acids is 1. The molecule has 5 nitrogen and oxygen atoms in total. The SMILES string of the molecule is CCN1CCOC(CSC[C@H](N)C(=O)O)C1. The molecule has 0 aromatic rings. The zero-order valence-electron chi connectivity index (χ0n) is 9.59. The Balaban J connectivity index is 2.15. The quantitative estimate of drug-likeness (QED) is 0.681. The minimum atomic E-state index is -0.938. The Kier molecular flexibility index (Phi) is 6.12. The van der Waals surface area contributed by atoms with E-state index in [1.165, 1.54) is 0 Å². The first kappa shape index (κ1) is 13.8. The summed E-state index contributed by atoms with van der Waals surface area (Å²) < 4.78 is 5.60. The Morgan fingerprint density at radius 3 is 3.12 bits per heavy atom. The number of hydrogen-bond acceptors (Lipinski definition) is 5. The normalized spacial score (nSPS) is 24.2. The van der Waals surface area contributed by atoms with Gasteiger partial charge in [-0.05, 0) is 6.54 Å². The van der Waals surface area contributed by atoms with Crippen molar-refractivity contribution in [1.29, 1.82) is 0 Å². The molecule has 0 radical (unpaired) electrons. The summed E-state index contributed by atoms with van der Waals surface area (Å²) in [6.07, 6.45) is 0.208. The standard InChI is InChI=1S/C10H20N2O3S/c1-2-12-3-4-15-8(5-12)6-16-7-9(11)10(13)14/h8-9H,2-7,11H2,1H3,(H,13,14)/t8?,9-/m0/s1. The molecule has 0 bridgehead atoms. The van der Waals surface area contributed by atoms with Crippen LogP contribution >= 0.6 is 11.8 Å². The van der Waals surface area contributed by atoms with Crippen LogP contribution in [0, 0.1) is 0 Å². The molecular formula is C10H20N2O3S. The van der Waals surface area contributed by atoms with Gasteiger partial charge in [0.2, 0.25) is 0 Å². The van der Waals surface area contributed by atoms with Crippen LogP contribution in [0.15, 0.2) is 0 Å². The third-order valence-corrected chi connectivity index (χ3v) is 3.79. The number of carbonyl (C=O) groups is 1. The minimum absolute atomic E-state index is 0.208. The molecule has 94 valence electrons. The number of thioether (sulfide) groups is 1. The summed E-state index contributed by atoms with van der Waals surface area (Å²) in [4.78, 5) is 12.8. The predicted molar refractivity (Wildman–Crippen MR) is 64.8 cm³/mol. The molecule has 6 heteroatoms. The Morgan fingerprint density at radius 2 is 2.50 bits per heavy atom. The minimum Gasteiger partial charge on any atom is -0.480 e. The molecular weight excluding hydrogens is 228 g/mol. The second-order valence-corrected chi connectivity index (χ2v) is 4.94. The third-order valence-electron chi connectivity index (χ3n) is 2.59. The molecule has 0 aromatic heterocycles. The summed E-state index contributed by atoms with van der Waals surface area (Å²) >= 11 is 1.55. The smallest absolute Gasteiger partial charge is 0.321 e. The van der Waals surface area contributed by atoms with Gasteiger partial charge < -0.3 is 15.6 Å². The molecule has 2 atom stereocenters. The van der Waals surface area contributed by atoms with E-state index in [9.17, 15) is 4.79 Å². The lowest BCUT2D eigenvalue weighted by atomic mass is 10.3. The number of nitrogens with two attached hydrogens (primary N) is 1. The summed E-state index contributed by atoms with van der Waals surface area (Å²) in [5, 5.41) is 8.62. The Labute approximate surface area is 100 Å². The topological polar surface area (TPSA) is 75.8 Å². The van der Waals surface area contributed by atoms with Crippen molar-refractivity contribution in [2.24, 2.45) is 5.73 Å². The highest BCUT2D eigenvalue weighted by molar-refractivity contribution is 7.99. The number of carboxylic acid groups (broad SMARTS) is 1. The number of carboxylic acids is 1. The second kappa shape index (κ2) is 7.11. The van der Waals surface area contributed by atoms with Crippen LogP contribution in [0.25, 0.3) is 0 Å². The van der Waals surface area contributed by atoms with Gasteiger partial charge in [-0.3, -0.25) is 9.69 Å². The lowest BCUT2D eigenvalue weighted by Crippen LogP contribution is -2.43. The Bertz CT molecular complexity index is 228. The summed E-state index contributed by atoms with van der Waals surface area (Å²) in [6.45, 7) is 5.87. The molecule has 1 fully saturated rings. The van der Waals surface area contributed by atoms with Crippen LogP contribution in [0.4, 0.5) is 0 Å². The molecule has 0 amide bonds. The molecule has 3 N–H and O–H groups in total. The first-order valence-corrected chi connectivity index (χ1v) is 6.69. The number of likely N-dealkylation sites (N-methyl/N-ethyl adjacent to an activating group) is 1. The van der Waals surface area contributed by atoms with E-state index < -0.39 is 12.0 Å². The van der Waals surface area contributed by atoms with Crippen LogP contribution in [-0.2, 0) is 9.53 Å². The molecule has 0 spiro atoms. The average molecular weight is 248 g/mol. The van der Waals surface area contributed by atoms with Gasteiger partial charge in [0.15, 0.2) is 0 Å². The van der Waals surface area contributed by atoms with Crippen molar-refractivity contribution < 1.29 is 14.6 Å². The van der Waals surface area contributed by atoms with E-state index in [0.717, 1.165) is 32.0 Å². The molecule has 1 saturated heterocycles. The number of rotatable bonds is 6. The monoisotopic (exact) mass is 248 g/mol. The molecule has 0 saturated carbocycles. The van der Waals surface area contributed by atoms with Gasteiger partial charge in [-0.1, -0.05) is 6.92 Å². The fraction of sp³-hybridized carbons (Fsp3) is 0.900. The van der Waals surface area contributed by atoms with Crippen LogP contribution in [0.3, 0.4) is 0 Å². The highest BCUT2D eigenvalue weighted by atomic mass is 32.2. The van der Waals surface area contributed by atoms with E-state index in [1.807, 2.05) is 0 Å².